The summed E-state index contributed by atoms with van der Waals surface area (Å²) in [7, 11) is -2.17. The molecule has 0 atom stereocenters. The molecular weight excluding hydrogens is 210 g/mol. The molecule has 0 aromatic carbocycles. The van der Waals surface area contributed by atoms with Crippen molar-refractivity contribution in [1.82, 2.24) is 0 Å². The molecule has 0 aromatic heterocycles. The Kier molecular flexibility index (Phi) is 17.4. The van der Waals surface area contributed by atoms with E-state index in [0.717, 1.165) is 13.0 Å². The van der Waals surface area contributed by atoms with Gasteiger partial charge in [0, 0.05) is 0 Å². The molecular formula is C6H16BCuO4. The first-order chi connectivity index (χ1) is 5.65. The van der Waals surface area contributed by atoms with Gasteiger partial charge in [-0.3, -0.25) is 0 Å². The summed E-state index contributed by atoms with van der Waals surface area (Å²) in [4.78, 5) is 0. The van der Waals surface area contributed by atoms with Crippen molar-refractivity contribution in [3.8, 4) is 0 Å². The fraction of sp³-hybridized carbons (Fsp3) is 1.00. The van der Waals surface area contributed by atoms with Crippen molar-refractivity contribution in [2.24, 2.45) is 0 Å². The number of rotatable bonds is 5. The van der Waals surface area contributed by atoms with Crippen molar-refractivity contribution in [3.05, 3.63) is 0 Å². The van der Waals surface area contributed by atoms with Gasteiger partial charge < -0.3 is 15.1 Å². The third-order valence-electron chi connectivity index (χ3n) is 1.06. The third kappa shape index (κ3) is 31.5. The molecule has 0 saturated heterocycles. The summed E-state index contributed by atoms with van der Waals surface area (Å²) in [6.45, 7) is 2.92. The average molecular weight is 227 g/mol. The van der Waals surface area contributed by atoms with Crippen LogP contribution in [-0.4, -0.2) is 29.0 Å². The molecule has 0 fully saturated rings. The number of hydrogen-bond acceptors (Lipinski definition) is 4. The van der Waals surface area contributed by atoms with E-state index in [1.165, 1.54) is 19.3 Å². The molecule has 6 heteroatoms. The Balaban J connectivity index is 0. The first-order valence-electron chi connectivity index (χ1n) is 3.89. The predicted octanol–water partition coefficient (Wildman–Crippen LogP) is -0.00670. The normalized spacial score (nSPS) is 8.83. The fourth-order valence-electron chi connectivity index (χ4n) is 0.572. The molecule has 0 bridgehead atoms. The minimum Gasteiger partial charge on any atom is -0.402 e. The van der Waals surface area contributed by atoms with Crippen LogP contribution in [0.5, 0.6) is 0 Å². The van der Waals surface area contributed by atoms with Crippen molar-refractivity contribution in [2.75, 3.05) is 6.61 Å². The minimum absolute atomic E-state index is 0.736. The molecule has 0 heterocycles. The molecule has 0 saturated carbocycles. The topological polar surface area (TPSA) is 69.9 Å². The van der Waals surface area contributed by atoms with Gasteiger partial charge in [0.1, 0.15) is 0 Å². The summed E-state index contributed by atoms with van der Waals surface area (Å²) in [5, 5.41) is 21.5. The Morgan fingerprint density at radius 3 is 2.00 bits per heavy atom. The van der Waals surface area contributed by atoms with Gasteiger partial charge in [-0.15, -0.1) is 0 Å². The Bertz CT molecular complexity index is 65.8. The van der Waals surface area contributed by atoms with Crippen LogP contribution in [0, 0.1) is 0 Å². The molecule has 0 unspecified atom stereocenters. The van der Waals surface area contributed by atoms with Gasteiger partial charge in [-0.25, -0.2) is 0 Å². The second kappa shape index (κ2) is 14.0. The van der Waals surface area contributed by atoms with Crippen molar-refractivity contribution >= 4 is 7.32 Å². The van der Waals surface area contributed by atoms with E-state index in [4.69, 9.17) is 15.1 Å². The van der Waals surface area contributed by atoms with E-state index in [1.807, 2.05) is 0 Å². The van der Waals surface area contributed by atoms with Crippen molar-refractivity contribution in [2.45, 2.75) is 32.6 Å². The molecule has 0 spiro atoms. The first-order valence-corrected chi connectivity index (χ1v) is 4.28. The molecule has 3 N–H and O–H groups in total. The molecule has 0 aromatic rings. The van der Waals surface area contributed by atoms with Crippen LogP contribution in [0.4, 0.5) is 0 Å². The molecule has 78 valence electrons. The van der Waals surface area contributed by atoms with E-state index < -0.39 is 7.32 Å². The van der Waals surface area contributed by atoms with Gasteiger partial charge in [0.15, 0.2) is 0 Å². The van der Waals surface area contributed by atoms with Gasteiger partial charge >= 0.3 is 66.7 Å². The second-order valence-electron chi connectivity index (χ2n) is 2.20. The van der Waals surface area contributed by atoms with Gasteiger partial charge in [-0.2, -0.15) is 0 Å². The van der Waals surface area contributed by atoms with Crippen molar-refractivity contribution in [1.29, 1.82) is 0 Å². The first kappa shape index (κ1) is 14.9. The van der Waals surface area contributed by atoms with Gasteiger partial charge in [-0.1, -0.05) is 0 Å². The quantitative estimate of drug-likeness (QED) is 0.456. The Labute approximate surface area is 82.3 Å². The van der Waals surface area contributed by atoms with Crippen LogP contribution < -0.4 is 0 Å². The van der Waals surface area contributed by atoms with Crippen LogP contribution in [0.3, 0.4) is 0 Å². The van der Waals surface area contributed by atoms with Crippen LogP contribution in [-0.2, 0) is 20.2 Å². The van der Waals surface area contributed by atoms with Crippen molar-refractivity contribution in [3.63, 3.8) is 0 Å². The summed E-state index contributed by atoms with van der Waals surface area (Å²) in [5.74, 6) is 0. The van der Waals surface area contributed by atoms with Crippen LogP contribution in [0.15, 0.2) is 0 Å². The van der Waals surface area contributed by atoms with E-state index in [0.29, 0.717) is 0 Å². The zero-order chi connectivity index (χ0) is 9.82. The molecule has 0 radical (unpaired) electrons. The summed E-state index contributed by atoms with van der Waals surface area (Å²) >= 11 is 4.43. The molecule has 0 aliphatic rings. The third-order valence-corrected chi connectivity index (χ3v) is 1.25. The standard InChI is InChI=1S/C6H13O.BH3O3.Cu/c1-2-3-4-5-6-7;2-1(3)4;/h2-6H2,1H3;2-4H;/q-1;;+1. The van der Waals surface area contributed by atoms with E-state index in [9.17, 15) is 0 Å². The zero-order valence-electron chi connectivity index (χ0n) is 7.16. The molecule has 0 rings (SSSR count). The number of unbranched alkanes of at least 4 members (excludes halogenated alkanes) is 3. The fourth-order valence-corrected chi connectivity index (χ4v) is 0.708. The maximum Gasteiger partial charge on any atom is 0.631 e. The monoisotopic (exact) mass is 226 g/mol. The molecule has 12 heavy (non-hydrogen) atoms. The maximum absolute atomic E-state index is 7.17. The van der Waals surface area contributed by atoms with Crippen LogP contribution in [0.1, 0.15) is 32.6 Å². The van der Waals surface area contributed by atoms with E-state index in [1.54, 1.807) is 0 Å². The Hall–Kier alpha value is 0.424. The van der Waals surface area contributed by atoms with E-state index in [-0.39, 0.29) is 0 Å². The number of hydrogen-bond donors (Lipinski definition) is 3. The van der Waals surface area contributed by atoms with Gasteiger partial charge in [0.2, 0.25) is 0 Å². The molecule has 4 nitrogen and oxygen atoms in total. The van der Waals surface area contributed by atoms with E-state index >= 15 is 0 Å². The second-order valence-corrected chi connectivity index (χ2v) is 2.47. The summed E-state index contributed by atoms with van der Waals surface area (Å²) in [5.41, 5.74) is 0. The largest absolute Gasteiger partial charge is 0.631 e. The zero-order valence-corrected chi connectivity index (χ0v) is 8.11. The van der Waals surface area contributed by atoms with Gasteiger partial charge in [0.25, 0.3) is 0 Å². The molecule has 0 amide bonds. The Morgan fingerprint density at radius 1 is 1.17 bits per heavy atom. The summed E-state index contributed by atoms with van der Waals surface area (Å²) in [6, 6.07) is 0. The molecule has 0 aliphatic carbocycles. The van der Waals surface area contributed by atoms with Gasteiger partial charge in [0.05, 0.1) is 0 Å². The smallest absolute Gasteiger partial charge is 0.402 e. The van der Waals surface area contributed by atoms with Crippen molar-refractivity contribution < 1.29 is 35.2 Å². The van der Waals surface area contributed by atoms with E-state index in [2.05, 4.69) is 27.1 Å². The SMILES string of the molecule is CCCCCC[O][Cu].OB(O)O. The van der Waals surface area contributed by atoms with Crippen LogP contribution >= 0.6 is 0 Å². The minimum atomic E-state index is -2.17. The summed E-state index contributed by atoms with van der Waals surface area (Å²) < 4.78 is 4.45. The summed E-state index contributed by atoms with van der Waals surface area (Å²) in [6.07, 6.45) is 4.95. The predicted molar refractivity (Wildman–Crippen MR) is 42.5 cm³/mol. The molecule has 0 aliphatic heterocycles. The average Bonchev–Trinajstić information content (AvgIpc) is 1.97. The van der Waals surface area contributed by atoms with Crippen LogP contribution in [0.2, 0.25) is 0 Å². The Morgan fingerprint density at radius 2 is 1.67 bits per heavy atom. The van der Waals surface area contributed by atoms with Gasteiger partial charge in [-0.05, 0) is 0 Å². The maximum atomic E-state index is 7.17. The van der Waals surface area contributed by atoms with Crippen LogP contribution in [0.25, 0.3) is 0 Å².